The van der Waals surface area contributed by atoms with Crippen LogP contribution in [0.3, 0.4) is 0 Å². The van der Waals surface area contributed by atoms with E-state index in [-0.39, 0.29) is 18.1 Å². The van der Waals surface area contributed by atoms with Gasteiger partial charge < -0.3 is 5.32 Å². The van der Waals surface area contributed by atoms with Gasteiger partial charge in [0.15, 0.2) is 0 Å². The first-order valence-electron chi connectivity index (χ1n) is 8.19. The average molecular weight is 364 g/mol. The molecule has 1 aromatic heterocycles. The predicted molar refractivity (Wildman–Crippen MR) is 92.3 cm³/mol. The van der Waals surface area contributed by atoms with E-state index in [2.05, 4.69) is 16.5 Å². The zero-order valence-electron chi connectivity index (χ0n) is 14.3. The Bertz CT molecular complexity index is 826. The molecule has 0 aliphatic carbocycles. The van der Waals surface area contributed by atoms with Gasteiger partial charge in [-0.05, 0) is 30.2 Å². The zero-order chi connectivity index (χ0) is 18.7. The maximum Gasteiger partial charge on any atom is 0.416 e. The van der Waals surface area contributed by atoms with Crippen molar-refractivity contribution in [3.63, 3.8) is 0 Å². The molecule has 1 amide bonds. The van der Waals surface area contributed by atoms with Crippen LogP contribution in [0.15, 0.2) is 42.7 Å². The molecule has 8 heteroatoms. The van der Waals surface area contributed by atoms with Gasteiger partial charge in [-0.25, -0.2) is 0 Å². The highest BCUT2D eigenvalue weighted by Gasteiger charge is 2.30. The Morgan fingerprint density at radius 3 is 2.77 bits per heavy atom. The van der Waals surface area contributed by atoms with E-state index in [0.29, 0.717) is 13.1 Å². The molecule has 0 radical (unpaired) electrons. The summed E-state index contributed by atoms with van der Waals surface area (Å²) >= 11 is 0. The second kappa shape index (κ2) is 7.33. The van der Waals surface area contributed by atoms with Gasteiger partial charge in [0.05, 0.1) is 18.3 Å². The maximum atomic E-state index is 12.7. The standard InChI is InChI=1S/C18H19F3N4O/c1-24-11-14(10-22-24)13-5-7-25(8-6-13)12-17(26)23-16-4-2-3-15(9-16)18(19,20)21/h2-5,9-11H,6-8,12H2,1H3,(H,23,26). The molecule has 2 heterocycles. The third-order valence-corrected chi connectivity index (χ3v) is 4.21. The van der Waals surface area contributed by atoms with Crippen LogP contribution in [0.2, 0.25) is 0 Å². The first-order valence-corrected chi connectivity index (χ1v) is 8.19. The topological polar surface area (TPSA) is 50.2 Å². The van der Waals surface area contributed by atoms with Crippen molar-refractivity contribution in [3.05, 3.63) is 53.9 Å². The fraction of sp³-hybridized carbons (Fsp3) is 0.333. The van der Waals surface area contributed by atoms with Gasteiger partial charge in [0.1, 0.15) is 0 Å². The van der Waals surface area contributed by atoms with Crippen LogP contribution in [0.1, 0.15) is 17.5 Å². The number of anilines is 1. The second-order valence-corrected chi connectivity index (χ2v) is 6.24. The second-order valence-electron chi connectivity index (χ2n) is 6.24. The van der Waals surface area contributed by atoms with Crippen LogP contribution in [-0.2, 0) is 18.0 Å². The summed E-state index contributed by atoms with van der Waals surface area (Å²) in [4.78, 5) is 14.1. The molecule has 3 rings (SSSR count). The van der Waals surface area contributed by atoms with E-state index in [0.717, 1.165) is 24.1 Å². The van der Waals surface area contributed by atoms with Gasteiger partial charge in [-0.15, -0.1) is 0 Å². The quantitative estimate of drug-likeness (QED) is 0.907. The molecule has 0 spiro atoms. The Hall–Kier alpha value is -2.61. The van der Waals surface area contributed by atoms with Crippen molar-refractivity contribution in [2.24, 2.45) is 7.05 Å². The molecule has 0 saturated heterocycles. The van der Waals surface area contributed by atoms with E-state index in [1.165, 1.54) is 17.7 Å². The molecule has 0 fully saturated rings. The van der Waals surface area contributed by atoms with Gasteiger partial charge in [0, 0.05) is 37.6 Å². The molecule has 1 aliphatic heterocycles. The summed E-state index contributed by atoms with van der Waals surface area (Å²) in [5.74, 6) is -0.331. The normalized spacial score (nSPS) is 15.6. The zero-order valence-corrected chi connectivity index (χ0v) is 14.3. The summed E-state index contributed by atoms with van der Waals surface area (Å²) in [6.45, 7) is 1.45. The molecule has 0 atom stereocenters. The number of carbonyl (C=O) groups is 1. The number of amides is 1. The molecule has 5 nitrogen and oxygen atoms in total. The van der Waals surface area contributed by atoms with Crippen molar-refractivity contribution >= 4 is 17.2 Å². The molecule has 1 N–H and O–H groups in total. The molecule has 0 bridgehead atoms. The Morgan fingerprint density at radius 2 is 2.15 bits per heavy atom. The molecule has 0 unspecified atom stereocenters. The smallest absolute Gasteiger partial charge is 0.325 e. The first kappa shape index (κ1) is 18.2. The van der Waals surface area contributed by atoms with Crippen LogP contribution < -0.4 is 5.32 Å². The summed E-state index contributed by atoms with van der Waals surface area (Å²) in [6, 6.07) is 4.64. The van der Waals surface area contributed by atoms with Gasteiger partial charge in [-0.2, -0.15) is 18.3 Å². The molecule has 138 valence electrons. The molecule has 0 saturated carbocycles. The van der Waals surface area contributed by atoms with Gasteiger partial charge in [0.25, 0.3) is 0 Å². The van der Waals surface area contributed by atoms with Gasteiger partial charge in [0.2, 0.25) is 5.91 Å². The summed E-state index contributed by atoms with van der Waals surface area (Å²) in [6.07, 6.45) is 2.17. The van der Waals surface area contributed by atoms with Crippen molar-refractivity contribution < 1.29 is 18.0 Å². The van der Waals surface area contributed by atoms with Crippen molar-refractivity contribution in [2.45, 2.75) is 12.6 Å². The average Bonchev–Trinajstić information content (AvgIpc) is 3.01. The number of alkyl halides is 3. The molecule has 26 heavy (non-hydrogen) atoms. The SMILES string of the molecule is Cn1cc(C2=CCN(CC(=O)Nc3cccc(C(F)(F)F)c3)CC2)cn1. The van der Waals surface area contributed by atoms with Crippen LogP contribution in [0.5, 0.6) is 0 Å². The Morgan fingerprint density at radius 1 is 1.35 bits per heavy atom. The largest absolute Gasteiger partial charge is 0.416 e. The molecule has 2 aromatic rings. The Balaban J connectivity index is 1.56. The highest BCUT2D eigenvalue weighted by molar-refractivity contribution is 5.92. The van der Waals surface area contributed by atoms with Crippen molar-refractivity contribution in [3.8, 4) is 0 Å². The van der Waals surface area contributed by atoms with Gasteiger partial charge >= 0.3 is 6.18 Å². The maximum absolute atomic E-state index is 12.7. The lowest BCUT2D eigenvalue weighted by atomic mass is 10.0. The molecular formula is C18H19F3N4O. The van der Waals surface area contributed by atoms with E-state index in [1.807, 2.05) is 24.3 Å². The van der Waals surface area contributed by atoms with Gasteiger partial charge in [-0.1, -0.05) is 12.1 Å². The number of hydrogen-bond donors (Lipinski definition) is 1. The van der Waals surface area contributed by atoms with E-state index in [9.17, 15) is 18.0 Å². The van der Waals surface area contributed by atoms with E-state index < -0.39 is 11.7 Å². The third kappa shape index (κ3) is 4.51. The van der Waals surface area contributed by atoms with Crippen LogP contribution in [0, 0.1) is 0 Å². The van der Waals surface area contributed by atoms with Crippen LogP contribution in [-0.4, -0.2) is 40.2 Å². The summed E-state index contributed by atoms with van der Waals surface area (Å²) in [5, 5.41) is 6.68. The fourth-order valence-corrected chi connectivity index (χ4v) is 2.88. The minimum absolute atomic E-state index is 0.132. The predicted octanol–water partition coefficient (Wildman–Crippen LogP) is 3.17. The molecule has 1 aliphatic rings. The number of nitrogens with one attached hydrogen (secondary N) is 1. The third-order valence-electron chi connectivity index (χ3n) is 4.21. The van der Waals surface area contributed by atoms with E-state index in [4.69, 9.17) is 0 Å². The van der Waals surface area contributed by atoms with Crippen molar-refractivity contribution in [1.82, 2.24) is 14.7 Å². The number of nitrogens with zero attached hydrogens (tertiary/aromatic N) is 3. The first-order chi connectivity index (χ1) is 12.3. The number of halogens is 3. The lowest BCUT2D eigenvalue weighted by Crippen LogP contribution is -2.36. The van der Waals surface area contributed by atoms with Gasteiger partial charge in [-0.3, -0.25) is 14.4 Å². The van der Waals surface area contributed by atoms with Crippen molar-refractivity contribution in [1.29, 1.82) is 0 Å². The number of rotatable bonds is 4. The summed E-state index contributed by atoms with van der Waals surface area (Å²) in [7, 11) is 1.86. The monoisotopic (exact) mass is 364 g/mol. The van der Waals surface area contributed by atoms with E-state index in [1.54, 1.807) is 4.68 Å². The minimum atomic E-state index is -4.43. The number of aromatic nitrogens is 2. The summed E-state index contributed by atoms with van der Waals surface area (Å²) < 4.78 is 39.9. The van der Waals surface area contributed by atoms with Crippen LogP contribution >= 0.6 is 0 Å². The number of benzene rings is 1. The number of hydrogen-bond acceptors (Lipinski definition) is 3. The van der Waals surface area contributed by atoms with E-state index >= 15 is 0 Å². The highest BCUT2D eigenvalue weighted by atomic mass is 19.4. The lowest BCUT2D eigenvalue weighted by molar-refractivity contribution is -0.137. The van der Waals surface area contributed by atoms with Crippen LogP contribution in [0.25, 0.3) is 5.57 Å². The van der Waals surface area contributed by atoms with Crippen LogP contribution in [0.4, 0.5) is 18.9 Å². The van der Waals surface area contributed by atoms with Crippen molar-refractivity contribution in [2.75, 3.05) is 25.0 Å². The molecule has 1 aromatic carbocycles. The lowest BCUT2D eigenvalue weighted by Gasteiger charge is -2.25. The fourth-order valence-electron chi connectivity index (χ4n) is 2.88. The highest BCUT2D eigenvalue weighted by Crippen LogP contribution is 2.30. The number of aryl methyl sites for hydroxylation is 1. The Labute approximate surface area is 149 Å². The number of carbonyl (C=O) groups excluding carboxylic acids is 1. The minimum Gasteiger partial charge on any atom is -0.325 e. The molecular weight excluding hydrogens is 345 g/mol. The summed E-state index contributed by atoms with van der Waals surface area (Å²) in [5.41, 5.74) is 1.62. The Kier molecular flexibility index (Phi) is 5.13.